The van der Waals surface area contributed by atoms with Gasteiger partial charge in [0.1, 0.15) is 12.3 Å². The lowest BCUT2D eigenvalue weighted by Crippen LogP contribution is -2.59. The zero-order valence-corrected chi connectivity index (χ0v) is 25.2. The summed E-state index contributed by atoms with van der Waals surface area (Å²) in [6.45, 7) is 4.94. The molecule has 5 nitrogen and oxygen atoms in total. The summed E-state index contributed by atoms with van der Waals surface area (Å²) in [6, 6.07) is 52.7. The lowest BCUT2D eigenvalue weighted by molar-refractivity contribution is 0.329. The lowest BCUT2D eigenvalue weighted by atomic mass is 9.72. The van der Waals surface area contributed by atoms with E-state index >= 15 is 0 Å². The van der Waals surface area contributed by atoms with Crippen LogP contribution in [0.2, 0.25) is 0 Å². The van der Waals surface area contributed by atoms with E-state index in [0.717, 1.165) is 28.5 Å². The largest absolute Gasteiger partial charge is 0.318 e. The van der Waals surface area contributed by atoms with Gasteiger partial charge in [-0.3, -0.25) is 0 Å². The minimum absolute atomic E-state index is 0.0367. The molecule has 4 atom stereocenters. The molecule has 5 heteroatoms. The minimum Gasteiger partial charge on any atom is -0.318 e. The molecule has 0 saturated heterocycles. The third-order valence-corrected chi connectivity index (χ3v) is 10.3. The highest BCUT2D eigenvalue weighted by Crippen LogP contribution is 2.64. The first-order chi connectivity index (χ1) is 22.8. The van der Waals surface area contributed by atoms with Gasteiger partial charge in [0.05, 0.1) is 22.7 Å². The number of rotatable bonds is 2. The smallest absolute Gasteiger partial charge is 0.158 e. The second kappa shape index (κ2) is 9.59. The lowest BCUT2D eigenvalue weighted by Gasteiger charge is -2.51. The van der Waals surface area contributed by atoms with Gasteiger partial charge in [0.25, 0.3) is 0 Å². The van der Waals surface area contributed by atoms with Crippen molar-refractivity contribution < 1.29 is 0 Å². The van der Waals surface area contributed by atoms with E-state index in [1.54, 1.807) is 0 Å². The summed E-state index contributed by atoms with van der Waals surface area (Å²) in [4.78, 5) is 15.3. The van der Waals surface area contributed by atoms with Crippen molar-refractivity contribution in [2.45, 2.75) is 18.2 Å². The van der Waals surface area contributed by atoms with Crippen LogP contribution >= 0.6 is 0 Å². The van der Waals surface area contributed by atoms with Crippen molar-refractivity contribution >= 4 is 51.2 Å². The molecule has 0 saturated carbocycles. The van der Waals surface area contributed by atoms with Gasteiger partial charge in [-0.1, -0.05) is 91.5 Å². The SMILES string of the molecule is C=C1c2ccccc2N2c3ncccc3N(c3ccccc3)C2C2C1c1ccccc1N1c3ccccc3N(c3ccccc3)C21. The second-order valence-electron chi connectivity index (χ2n) is 12.5. The number of aromatic nitrogens is 1. The standard InChI is InChI=1S/C41H31N5/c1-27-30-19-8-10-21-32(30)46-39-36(25-14-26-42-39)44(29-17-6-3-7-18-29)41(46)38-37(27)31-20-9-11-22-33(31)45-35-24-13-12-23-34(35)43(40(38)45)28-15-4-2-5-16-28/h2-26,37-38,40-41H,1H2. The average molecular weight is 594 g/mol. The molecule has 5 heterocycles. The number of fused-ring (bicyclic) bond motifs is 14. The highest BCUT2D eigenvalue weighted by molar-refractivity contribution is 5.97. The first-order valence-electron chi connectivity index (χ1n) is 16.0. The van der Waals surface area contributed by atoms with Crippen LogP contribution in [0.4, 0.5) is 45.6 Å². The quantitative estimate of drug-likeness (QED) is 0.199. The predicted molar refractivity (Wildman–Crippen MR) is 188 cm³/mol. The van der Waals surface area contributed by atoms with Crippen LogP contribution in [0.15, 0.2) is 158 Å². The molecular weight excluding hydrogens is 562 g/mol. The Labute approximate surface area is 268 Å². The van der Waals surface area contributed by atoms with E-state index in [9.17, 15) is 0 Å². The summed E-state index contributed by atoms with van der Waals surface area (Å²) < 4.78 is 0. The highest BCUT2D eigenvalue weighted by atomic mass is 15.5. The first-order valence-corrected chi connectivity index (χ1v) is 16.0. The maximum atomic E-state index is 5.10. The molecule has 4 unspecified atom stereocenters. The Morgan fingerprint density at radius 3 is 1.70 bits per heavy atom. The Balaban J connectivity index is 1.33. The third kappa shape index (κ3) is 3.32. The molecule has 5 aromatic carbocycles. The summed E-state index contributed by atoms with van der Waals surface area (Å²) in [5, 5.41) is 0. The van der Waals surface area contributed by atoms with E-state index in [4.69, 9.17) is 11.6 Å². The van der Waals surface area contributed by atoms with Crippen molar-refractivity contribution in [2.24, 2.45) is 5.92 Å². The summed E-state index contributed by atoms with van der Waals surface area (Å²) in [6.07, 6.45) is 1.78. The van der Waals surface area contributed by atoms with Crippen LogP contribution in [0.25, 0.3) is 5.57 Å². The van der Waals surface area contributed by atoms with Crippen molar-refractivity contribution in [3.8, 4) is 0 Å². The van der Waals surface area contributed by atoms with E-state index in [1.807, 2.05) is 6.20 Å². The maximum Gasteiger partial charge on any atom is 0.158 e. The molecule has 0 amide bonds. The average Bonchev–Trinajstić information content (AvgIpc) is 3.62. The van der Waals surface area contributed by atoms with Gasteiger partial charge < -0.3 is 19.6 Å². The molecular formula is C41H31N5. The van der Waals surface area contributed by atoms with Gasteiger partial charge in [-0.05, 0) is 71.8 Å². The molecule has 1 aromatic heterocycles. The molecule has 0 spiro atoms. The third-order valence-electron chi connectivity index (χ3n) is 10.3. The molecule has 10 rings (SSSR count). The molecule has 4 aliphatic heterocycles. The van der Waals surface area contributed by atoms with E-state index in [0.29, 0.717) is 0 Å². The number of pyridine rings is 1. The Morgan fingerprint density at radius 1 is 0.457 bits per heavy atom. The topological polar surface area (TPSA) is 25.9 Å². The molecule has 0 bridgehead atoms. The normalized spacial score (nSPS) is 21.8. The van der Waals surface area contributed by atoms with E-state index in [1.165, 1.54) is 33.9 Å². The molecule has 0 N–H and O–H groups in total. The fourth-order valence-corrected chi connectivity index (χ4v) is 8.61. The highest BCUT2D eigenvalue weighted by Gasteiger charge is 2.59. The Hall–Kier alpha value is -5.81. The van der Waals surface area contributed by atoms with Gasteiger partial charge in [0, 0.05) is 40.7 Å². The number of anilines is 8. The summed E-state index contributed by atoms with van der Waals surface area (Å²) in [5.41, 5.74) is 11.9. The number of allylic oxidation sites excluding steroid dienone is 1. The molecule has 0 radical (unpaired) electrons. The van der Waals surface area contributed by atoms with Gasteiger partial charge in [-0.25, -0.2) is 4.98 Å². The number of nitrogens with zero attached hydrogens (tertiary/aromatic N) is 5. The zero-order chi connectivity index (χ0) is 30.4. The number of para-hydroxylation sites is 6. The molecule has 0 fully saturated rings. The van der Waals surface area contributed by atoms with Gasteiger partial charge in [0.15, 0.2) is 5.82 Å². The fourth-order valence-electron chi connectivity index (χ4n) is 8.61. The van der Waals surface area contributed by atoms with E-state index in [2.05, 4.69) is 165 Å². The van der Waals surface area contributed by atoms with Crippen LogP contribution in [0, 0.1) is 5.92 Å². The van der Waals surface area contributed by atoms with Crippen molar-refractivity contribution in [2.75, 3.05) is 19.6 Å². The van der Waals surface area contributed by atoms with Crippen LogP contribution in [0.3, 0.4) is 0 Å². The van der Waals surface area contributed by atoms with E-state index in [-0.39, 0.29) is 24.2 Å². The summed E-state index contributed by atoms with van der Waals surface area (Å²) in [5.74, 6) is 1.05. The number of hydrogen-bond donors (Lipinski definition) is 0. The minimum atomic E-state index is -0.0981. The maximum absolute atomic E-state index is 5.10. The van der Waals surface area contributed by atoms with Gasteiger partial charge in [-0.2, -0.15) is 0 Å². The zero-order valence-electron chi connectivity index (χ0n) is 25.2. The number of benzene rings is 5. The Kier molecular flexibility index (Phi) is 5.32. The number of hydrogen-bond acceptors (Lipinski definition) is 5. The predicted octanol–water partition coefficient (Wildman–Crippen LogP) is 9.75. The van der Waals surface area contributed by atoms with Crippen LogP contribution in [-0.4, -0.2) is 17.3 Å². The van der Waals surface area contributed by atoms with Crippen LogP contribution in [0.5, 0.6) is 0 Å². The van der Waals surface area contributed by atoms with Crippen molar-refractivity contribution in [1.29, 1.82) is 0 Å². The first kappa shape index (κ1) is 25.5. The summed E-state index contributed by atoms with van der Waals surface area (Å²) in [7, 11) is 0. The van der Waals surface area contributed by atoms with Gasteiger partial charge >= 0.3 is 0 Å². The molecule has 0 aliphatic carbocycles. The van der Waals surface area contributed by atoms with Crippen molar-refractivity contribution in [1.82, 2.24) is 4.98 Å². The fraction of sp³-hybridized carbons (Fsp3) is 0.0976. The molecule has 6 aromatic rings. The van der Waals surface area contributed by atoms with Gasteiger partial charge in [-0.15, -0.1) is 0 Å². The molecule has 4 aliphatic rings. The molecule has 220 valence electrons. The Morgan fingerprint density at radius 2 is 0.978 bits per heavy atom. The van der Waals surface area contributed by atoms with Crippen molar-refractivity contribution in [3.63, 3.8) is 0 Å². The van der Waals surface area contributed by atoms with Crippen molar-refractivity contribution in [3.05, 3.63) is 169 Å². The second-order valence-corrected chi connectivity index (χ2v) is 12.5. The van der Waals surface area contributed by atoms with Crippen LogP contribution in [0.1, 0.15) is 17.0 Å². The molecule has 46 heavy (non-hydrogen) atoms. The van der Waals surface area contributed by atoms with E-state index < -0.39 is 0 Å². The van der Waals surface area contributed by atoms with Crippen LogP contribution in [-0.2, 0) is 0 Å². The summed E-state index contributed by atoms with van der Waals surface area (Å²) >= 11 is 0. The van der Waals surface area contributed by atoms with Crippen LogP contribution < -0.4 is 19.6 Å². The Bertz CT molecular complexity index is 2140. The monoisotopic (exact) mass is 593 g/mol. The van der Waals surface area contributed by atoms with Gasteiger partial charge in [0.2, 0.25) is 0 Å².